The van der Waals surface area contributed by atoms with Crippen LogP contribution in [0.5, 0.6) is 0 Å². The van der Waals surface area contributed by atoms with Crippen LogP contribution in [0.3, 0.4) is 0 Å². The third kappa shape index (κ3) is 2.66. The van der Waals surface area contributed by atoms with Crippen LogP contribution in [0.4, 0.5) is 0 Å². The van der Waals surface area contributed by atoms with E-state index >= 15 is 0 Å². The molecule has 0 radical (unpaired) electrons. The van der Waals surface area contributed by atoms with Crippen LogP contribution >= 0.6 is 0 Å². The fourth-order valence-electron chi connectivity index (χ4n) is 3.13. The summed E-state index contributed by atoms with van der Waals surface area (Å²) in [6.07, 6.45) is 6.77. The molecule has 0 bridgehead atoms. The van der Waals surface area contributed by atoms with Gasteiger partial charge in [0.2, 0.25) is 0 Å². The van der Waals surface area contributed by atoms with E-state index < -0.39 is 16.8 Å². The zero-order valence-corrected chi connectivity index (χ0v) is 12.8. The molecule has 1 aromatic rings. The van der Waals surface area contributed by atoms with Crippen molar-refractivity contribution in [1.29, 1.82) is 0 Å². The first kappa shape index (κ1) is 13.5. The van der Waals surface area contributed by atoms with E-state index in [2.05, 4.69) is 0 Å². The molecule has 0 saturated heterocycles. The molecule has 0 amide bonds. The van der Waals surface area contributed by atoms with E-state index in [0.717, 1.165) is 41.9 Å². The van der Waals surface area contributed by atoms with Crippen LogP contribution in [0.15, 0.2) is 17.0 Å². The number of carbonyl (C=O) groups is 1. The summed E-state index contributed by atoms with van der Waals surface area (Å²) in [5.41, 5.74) is 2.48. The second-order valence-electron chi connectivity index (χ2n) is 6.75. The Balaban J connectivity index is 1.83. The van der Waals surface area contributed by atoms with Crippen molar-refractivity contribution in [2.24, 2.45) is 5.92 Å². The maximum absolute atomic E-state index is 12.9. The van der Waals surface area contributed by atoms with Crippen LogP contribution < -0.4 is 0 Å². The van der Waals surface area contributed by atoms with Crippen LogP contribution in [-0.4, -0.2) is 21.0 Å². The molecule has 3 fully saturated rings. The smallest absolute Gasteiger partial charge is 0.336 e. The number of hydrogen-bond acceptors (Lipinski definition) is 2. The molecule has 3 aliphatic carbocycles. The van der Waals surface area contributed by atoms with Gasteiger partial charge in [0.1, 0.15) is 0 Å². The van der Waals surface area contributed by atoms with Crippen molar-refractivity contribution < 1.29 is 14.1 Å². The van der Waals surface area contributed by atoms with E-state index in [1.165, 1.54) is 18.4 Å². The molecule has 1 aromatic carbocycles. The van der Waals surface area contributed by atoms with Crippen LogP contribution in [0, 0.1) is 5.92 Å². The maximum Gasteiger partial charge on any atom is 0.336 e. The highest BCUT2D eigenvalue weighted by atomic mass is 32.2. The van der Waals surface area contributed by atoms with Gasteiger partial charge in [-0.1, -0.05) is 6.07 Å². The topological polar surface area (TPSA) is 54.4 Å². The van der Waals surface area contributed by atoms with Gasteiger partial charge in [-0.3, -0.25) is 4.21 Å². The molecule has 3 saturated carbocycles. The van der Waals surface area contributed by atoms with Crippen LogP contribution in [0.1, 0.15) is 71.8 Å². The average Bonchev–Trinajstić information content (AvgIpc) is 3.29. The summed E-state index contributed by atoms with van der Waals surface area (Å²) < 4.78 is 12.9. The summed E-state index contributed by atoms with van der Waals surface area (Å²) >= 11 is 0. The molecule has 3 aliphatic rings. The molecule has 0 aliphatic heterocycles. The Morgan fingerprint density at radius 1 is 1.10 bits per heavy atom. The van der Waals surface area contributed by atoms with Gasteiger partial charge in [0.05, 0.1) is 16.4 Å². The molecule has 0 heterocycles. The summed E-state index contributed by atoms with van der Waals surface area (Å²) in [6.45, 7) is 0. The Morgan fingerprint density at radius 2 is 1.76 bits per heavy atom. The van der Waals surface area contributed by atoms with Gasteiger partial charge in [-0.15, -0.1) is 0 Å². The van der Waals surface area contributed by atoms with Crippen molar-refractivity contribution >= 4 is 16.8 Å². The number of aromatic carboxylic acids is 1. The lowest BCUT2D eigenvalue weighted by atomic mass is 9.98. The normalized spacial score (nSPS) is 23.0. The highest BCUT2D eigenvalue weighted by Gasteiger charge is 2.38. The van der Waals surface area contributed by atoms with Gasteiger partial charge in [0.15, 0.2) is 0 Å². The summed E-state index contributed by atoms with van der Waals surface area (Å²) in [5, 5.41) is 9.49. The first-order valence-electron chi connectivity index (χ1n) is 7.93. The third-order valence-electron chi connectivity index (χ3n) is 4.77. The van der Waals surface area contributed by atoms with Gasteiger partial charge in [-0.2, -0.15) is 0 Å². The van der Waals surface area contributed by atoms with E-state index in [1.54, 1.807) is 6.07 Å². The van der Waals surface area contributed by atoms with Gasteiger partial charge >= 0.3 is 5.97 Å². The number of benzene rings is 1. The van der Waals surface area contributed by atoms with Crippen LogP contribution in [0.25, 0.3) is 0 Å². The van der Waals surface area contributed by atoms with Crippen molar-refractivity contribution in [2.45, 2.75) is 55.3 Å². The zero-order chi connectivity index (χ0) is 14.6. The van der Waals surface area contributed by atoms with E-state index in [4.69, 9.17) is 0 Å². The molecule has 0 aromatic heterocycles. The Labute approximate surface area is 127 Å². The average molecular weight is 304 g/mol. The third-order valence-corrected chi connectivity index (χ3v) is 6.46. The van der Waals surface area contributed by atoms with Gasteiger partial charge in [-0.25, -0.2) is 4.79 Å². The SMILES string of the molecule is O=C(O)c1ccc(C2CC2)c([S@@](=O)CC2CC2)c1C1CC1. The summed E-state index contributed by atoms with van der Waals surface area (Å²) in [5.74, 6) is 1.29. The lowest BCUT2D eigenvalue weighted by Crippen LogP contribution is -2.12. The van der Waals surface area contributed by atoms with Crippen LogP contribution in [0.2, 0.25) is 0 Å². The highest BCUT2D eigenvalue weighted by Crippen LogP contribution is 2.50. The fourth-order valence-corrected chi connectivity index (χ4v) is 5.08. The molecule has 21 heavy (non-hydrogen) atoms. The summed E-state index contributed by atoms with van der Waals surface area (Å²) in [6, 6.07) is 3.69. The second-order valence-corrected chi connectivity index (χ2v) is 8.19. The predicted octanol–water partition coefficient (Wildman–Crippen LogP) is 3.66. The molecular weight excluding hydrogens is 284 g/mol. The van der Waals surface area contributed by atoms with Crippen molar-refractivity contribution in [2.75, 3.05) is 5.75 Å². The van der Waals surface area contributed by atoms with E-state index in [9.17, 15) is 14.1 Å². The number of rotatable bonds is 6. The molecule has 0 spiro atoms. The van der Waals surface area contributed by atoms with Gasteiger partial charge < -0.3 is 5.11 Å². The van der Waals surface area contributed by atoms with Gasteiger partial charge in [0.25, 0.3) is 0 Å². The quantitative estimate of drug-likeness (QED) is 0.872. The minimum Gasteiger partial charge on any atom is -0.478 e. The Hall–Kier alpha value is -1.16. The van der Waals surface area contributed by atoms with Crippen molar-refractivity contribution in [1.82, 2.24) is 0 Å². The first-order chi connectivity index (χ1) is 10.1. The maximum atomic E-state index is 12.9. The highest BCUT2D eigenvalue weighted by molar-refractivity contribution is 7.85. The van der Waals surface area contributed by atoms with E-state index in [0.29, 0.717) is 23.3 Å². The Kier molecular flexibility index (Phi) is 3.18. The van der Waals surface area contributed by atoms with Crippen LogP contribution in [-0.2, 0) is 10.8 Å². The largest absolute Gasteiger partial charge is 0.478 e. The fraction of sp³-hybridized carbons (Fsp3) is 0.588. The second kappa shape index (κ2) is 4.94. The summed E-state index contributed by atoms with van der Waals surface area (Å²) in [4.78, 5) is 12.5. The van der Waals surface area contributed by atoms with Crippen molar-refractivity contribution in [3.8, 4) is 0 Å². The first-order valence-corrected chi connectivity index (χ1v) is 9.25. The zero-order valence-electron chi connectivity index (χ0n) is 12.0. The molecule has 4 heteroatoms. The predicted molar refractivity (Wildman–Crippen MR) is 81.4 cm³/mol. The number of carboxylic acid groups (broad SMARTS) is 1. The Bertz CT molecular complexity index is 625. The van der Waals surface area contributed by atoms with Gasteiger partial charge in [0, 0.05) is 10.6 Å². The standard InChI is InChI=1S/C17H20O3S/c18-17(19)14-8-7-13(11-3-4-11)16(15(14)12-5-6-12)21(20)9-10-1-2-10/h7-8,10-12H,1-6,9H2,(H,18,19)/t21-/m0/s1. The lowest BCUT2D eigenvalue weighted by molar-refractivity contribution is 0.0695. The van der Waals surface area contributed by atoms with Gasteiger partial charge in [-0.05, 0) is 73.5 Å². The number of carboxylic acids is 1. The molecule has 112 valence electrons. The Morgan fingerprint density at radius 3 is 2.29 bits per heavy atom. The number of hydrogen-bond donors (Lipinski definition) is 1. The molecule has 3 nitrogen and oxygen atoms in total. The van der Waals surface area contributed by atoms with Crippen molar-refractivity contribution in [3.63, 3.8) is 0 Å². The molecular formula is C17H20O3S. The van der Waals surface area contributed by atoms with E-state index in [1.807, 2.05) is 6.07 Å². The minimum atomic E-state index is -1.03. The van der Waals surface area contributed by atoms with Crippen molar-refractivity contribution in [3.05, 3.63) is 28.8 Å². The molecule has 4 rings (SSSR count). The lowest BCUT2D eigenvalue weighted by Gasteiger charge is -2.16. The minimum absolute atomic E-state index is 0.327. The summed E-state index contributed by atoms with van der Waals surface area (Å²) in [7, 11) is -1.03. The molecule has 1 N–H and O–H groups in total. The molecule has 0 unspecified atom stereocenters. The molecule has 1 atom stereocenters. The van der Waals surface area contributed by atoms with E-state index in [-0.39, 0.29) is 0 Å². The monoisotopic (exact) mass is 304 g/mol.